The second-order valence-electron chi connectivity index (χ2n) is 6.50. The van der Waals surface area contributed by atoms with Gasteiger partial charge in [-0.25, -0.2) is 13.2 Å². The number of sulfone groups is 1. The number of hydrogen-bond donors (Lipinski definition) is 2. The summed E-state index contributed by atoms with van der Waals surface area (Å²) in [5.74, 6) is 0.0256. The molecular weight excluding hydrogens is 414 g/mol. The molecule has 1 unspecified atom stereocenters. The number of nitrogens with zero attached hydrogens (tertiary/aromatic N) is 3. The monoisotopic (exact) mass is 435 g/mol. The number of aromatic nitrogens is 3. The third-order valence-corrected chi connectivity index (χ3v) is 7.01. The number of thioether (sulfide) groups is 1. The second-order valence-corrected chi connectivity index (χ2v) is 9.67. The van der Waals surface area contributed by atoms with Crippen molar-refractivity contribution in [2.45, 2.75) is 24.0 Å². The minimum Gasteiger partial charge on any atom is -0.308 e. The van der Waals surface area contributed by atoms with Crippen molar-refractivity contribution in [3.8, 4) is 0 Å². The Morgan fingerprint density at radius 1 is 1.28 bits per heavy atom. The maximum atomic E-state index is 12.1. The first-order valence-corrected chi connectivity index (χ1v) is 11.7. The first-order chi connectivity index (χ1) is 13.9. The Kier molecular flexibility index (Phi) is 6.70. The van der Waals surface area contributed by atoms with E-state index in [0.717, 1.165) is 11.8 Å². The average molecular weight is 436 g/mol. The summed E-state index contributed by atoms with van der Waals surface area (Å²) in [6, 6.07) is 8.16. The zero-order valence-electron chi connectivity index (χ0n) is 15.6. The Labute approximate surface area is 172 Å². The minimum absolute atomic E-state index is 0.0412. The van der Waals surface area contributed by atoms with Gasteiger partial charge in [-0.15, -0.1) is 16.8 Å². The Balaban J connectivity index is 1.59. The van der Waals surface area contributed by atoms with Crippen molar-refractivity contribution in [1.82, 2.24) is 20.1 Å². The standard InChI is InChI=1S/C18H21N5O4S2/c1-2-9-23-16(13-8-10-29(26,27)12-13)21-22-18(23)28-11-15(24)20-17(25)19-14-6-4-3-5-7-14/h2-7,13H,1,8-12H2,(H2,19,20,24,25). The summed E-state index contributed by atoms with van der Waals surface area (Å²) in [4.78, 5) is 24.0. The lowest BCUT2D eigenvalue weighted by Crippen LogP contribution is -2.35. The highest BCUT2D eigenvalue weighted by Gasteiger charge is 2.33. The van der Waals surface area contributed by atoms with Crippen LogP contribution in [0.1, 0.15) is 18.2 Å². The molecule has 0 radical (unpaired) electrons. The lowest BCUT2D eigenvalue weighted by molar-refractivity contribution is -0.117. The van der Waals surface area contributed by atoms with Gasteiger partial charge in [0, 0.05) is 18.2 Å². The van der Waals surface area contributed by atoms with Crippen LogP contribution in [0, 0.1) is 0 Å². The fraction of sp³-hybridized carbons (Fsp3) is 0.333. The highest BCUT2D eigenvalue weighted by Crippen LogP contribution is 2.30. The molecule has 0 saturated carbocycles. The van der Waals surface area contributed by atoms with Crippen LogP contribution in [-0.4, -0.2) is 52.4 Å². The maximum Gasteiger partial charge on any atom is 0.325 e. The van der Waals surface area contributed by atoms with Gasteiger partial charge in [-0.2, -0.15) is 0 Å². The number of amides is 3. The van der Waals surface area contributed by atoms with Crippen LogP contribution in [0.2, 0.25) is 0 Å². The van der Waals surface area contributed by atoms with Gasteiger partial charge in [0.1, 0.15) is 5.82 Å². The van der Waals surface area contributed by atoms with Gasteiger partial charge < -0.3 is 9.88 Å². The average Bonchev–Trinajstić information content (AvgIpc) is 3.23. The molecule has 1 aromatic carbocycles. The largest absolute Gasteiger partial charge is 0.325 e. The molecule has 29 heavy (non-hydrogen) atoms. The van der Waals surface area contributed by atoms with Crippen LogP contribution >= 0.6 is 11.8 Å². The zero-order chi connectivity index (χ0) is 20.9. The topological polar surface area (TPSA) is 123 Å². The number of imide groups is 1. The van der Waals surface area contributed by atoms with E-state index in [1.54, 1.807) is 34.9 Å². The summed E-state index contributed by atoms with van der Waals surface area (Å²) in [6.07, 6.45) is 2.16. The predicted octanol–water partition coefficient (Wildman–Crippen LogP) is 1.81. The molecule has 154 valence electrons. The molecule has 2 heterocycles. The van der Waals surface area contributed by atoms with Crippen molar-refractivity contribution in [2.75, 3.05) is 22.6 Å². The number of anilines is 1. The van der Waals surface area contributed by atoms with E-state index in [1.807, 2.05) is 6.07 Å². The van der Waals surface area contributed by atoms with Crippen molar-refractivity contribution < 1.29 is 18.0 Å². The molecule has 1 saturated heterocycles. The molecule has 9 nitrogen and oxygen atoms in total. The first-order valence-electron chi connectivity index (χ1n) is 8.91. The number of carbonyl (C=O) groups is 2. The van der Waals surface area contributed by atoms with Gasteiger partial charge in [0.25, 0.3) is 0 Å². The Morgan fingerprint density at radius 2 is 2.03 bits per heavy atom. The summed E-state index contributed by atoms with van der Waals surface area (Å²) in [5, 5.41) is 13.5. The van der Waals surface area contributed by atoms with Crippen LogP contribution in [0.3, 0.4) is 0 Å². The lowest BCUT2D eigenvalue weighted by Gasteiger charge is -2.11. The van der Waals surface area contributed by atoms with Crippen LogP contribution in [0.5, 0.6) is 0 Å². The number of benzene rings is 1. The molecule has 3 amide bonds. The number of hydrogen-bond acceptors (Lipinski definition) is 7. The smallest absolute Gasteiger partial charge is 0.308 e. The first kappa shape index (κ1) is 21.1. The molecule has 3 rings (SSSR count). The minimum atomic E-state index is -3.05. The SMILES string of the molecule is C=CCn1c(SCC(=O)NC(=O)Nc2ccccc2)nnc1C1CCS(=O)(=O)C1. The van der Waals surface area contributed by atoms with Crippen molar-refractivity contribution >= 4 is 39.2 Å². The summed E-state index contributed by atoms with van der Waals surface area (Å²) in [7, 11) is -3.05. The van der Waals surface area contributed by atoms with Gasteiger partial charge in [0.15, 0.2) is 15.0 Å². The second kappa shape index (κ2) is 9.23. The van der Waals surface area contributed by atoms with Crippen molar-refractivity contribution in [3.05, 3.63) is 48.8 Å². The fourth-order valence-corrected chi connectivity index (χ4v) is 5.48. The van der Waals surface area contributed by atoms with E-state index in [0.29, 0.717) is 29.6 Å². The molecule has 1 fully saturated rings. The van der Waals surface area contributed by atoms with Gasteiger partial charge in [-0.1, -0.05) is 36.0 Å². The summed E-state index contributed by atoms with van der Waals surface area (Å²) < 4.78 is 25.3. The van der Waals surface area contributed by atoms with Crippen molar-refractivity contribution in [1.29, 1.82) is 0 Å². The van der Waals surface area contributed by atoms with Gasteiger partial charge in [-0.05, 0) is 18.6 Å². The molecule has 0 bridgehead atoms. The van der Waals surface area contributed by atoms with Crippen LogP contribution in [0.4, 0.5) is 10.5 Å². The fourth-order valence-electron chi connectivity index (χ4n) is 2.98. The number of urea groups is 1. The number of nitrogens with one attached hydrogen (secondary N) is 2. The Morgan fingerprint density at radius 3 is 2.69 bits per heavy atom. The van der Waals surface area contributed by atoms with E-state index in [4.69, 9.17) is 0 Å². The van der Waals surface area contributed by atoms with Crippen LogP contribution in [0.15, 0.2) is 48.1 Å². The molecule has 1 aromatic heterocycles. The predicted molar refractivity (Wildman–Crippen MR) is 111 cm³/mol. The maximum absolute atomic E-state index is 12.1. The van der Waals surface area contributed by atoms with E-state index < -0.39 is 21.8 Å². The molecule has 0 spiro atoms. The number of rotatable bonds is 7. The van der Waals surface area contributed by atoms with Crippen molar-refractivity contribution in [2.24, 2.45) is 0 Å². The van der Waals surface area contributed by atoms with E-state index in [2.05, 4.69) is 27.4 Å². The van der Waals surface area contributed by atoms with Gasteiger partial charge in [0.2, 0.25) is 5.91 Å². The summed E-state index contributed by atoms with van der Waals surface area (Å²) in [5.41, 5.74) is 0.576. The summed E-state index contributed by atoms with van der Waals surface area (Å²) >= 11 is 1.12. The van der Waals surface area contributed by atoms with Crippen molar-refractivity contribution in [3.63, 3.8) is 0 Å². The molecule has 0 aliphatic carbocycles. The number of carbonyl (C=O) groups excluding carboxylic acids is 2. The Hall–Kier alpha value is -2.66. The van der Waals surface area contributed by atoms with Gasteiger partial charge >= 0.3 is 6.03 Å². The van der Waals surface area contributed by atoms with E-state index in [-0.39, 0.29) is 23.2 Å². The van der Waals surface area contributed by atoms with E-state index in [1.165, 1.54) is 0 Å². The third-order valence-electron chi connectivity index (χ3n) is 4.27. The zero-order valence-corrected chi connectivity index (χ0v) is 17.2. The quantitative estimate of drug-likeness (QED) is 0.502. The van der Waals surface area contributed by atoms with Crippen LogP contribution < -0.4 is 10.6 Å². The molecular formula is C18H21N5O4S2. The molecule has 1 aliphatic heterocycles. The van der Waals surface area contributed by atoms with Gasteiger partial charge in [-0.3, -0.25) is 10.1 Å². The lowest BCUT2D eigenvalue weighted by atomic mass is 10.1. The van der Waals surface area contributed by atoms with Crippen LogP contribution in [0.25, 0.3) is 0 Å². The van der Waals surface area contributed by atoms with E-state index in [9.17, 15) is 18.0 Å². The third kappa shape index (κ3) is 5.67. The normalized spacial score (nSPS) is 17.6. The number of allylic oxidation sites excluding steroid dienone is 1. The van der Waals surface area contributed by atoms with E-state index >= 15 is 0 Å². The van der Waals surface area contributed by atoms with Gasteiger partial charge in [0.05, 0.1) is 17.3 Å². The summed E-state index contributed by atoms with van der Waals surface area (Å²) in [6.45, 7) is 4.11. The molecule has 2 aromatic rings. The molecule has 11 heteroatoms. The highest BCUT2D eigenvalue weighted by atomic mass is 32.2. The molecule has 2 N–H and O–H groups in total. The van der Waals surface area contributed by atoms with Crippen LogP contribution in [-0.2, 0) is 21.2 Å². The highest BCUT2D eigenvalue weighted by molar-refractivity contribution is 7.99. The molecule has 1 atom stereocenters. The Bertz CT molecular complexity index is 1000. The molecule has 1 aliphatic rings. The number of para-hydroxylation sites is 1.